The molecule has 19 heavy (non-hydrogen) atoms. The fourth-order valence-corrected chi connectivity index (χ4v) is 3.21. The Labute approximate surface area is 121 Å². The molecule has 0 fully saturated rings. The molecule has 1 aromatic heterocycles. The largest absolute Gasteiger partial charge is 0.330 e. The number of hydrogen-bond donors (Lipinski definition) is 1. The van der Waals surface area contributed by atoms with E-state index in [-0.39, 0.29) is 0 Å². The zero-order valence-corrected chi connectivity index (χ0v) is 12.3. The van der Waals surface area contributed by atoms with Crippen molar-refractivity contribution in [2.45, 2.75) is 13.8 Å². The van der Waals surface area contributed by atoms with Gasteiger partial charge in [-0.15, -0.1) is 0 Å². The summed E-state index contributed by atoms with van der Waals surface area (Å²) in [7, 11) is 0. The number of aromatic nitrogens is 1. The molecule has 2 nitrogen and oxygen atoms in total. The summed E-state index contributed by atoms with van der Waals surface area (Å²) in [5.41, 5.74) is 4.29. The molecular weight excluding hydrogens is 276 g/mol. The van der Waals surface area contributed by atoms with E-state index in [0.717, 1.165) is 26.9 Å². The van der Waals surface area contributed by atoms with Gasteiger partial charge in [-0.2, -0.15) is 0 Å². The lowest BCUT2D eigenvalue weighted by molar-refractivity contribution is 1.39. The van der Waals surface area contributed by atoms with Crippen molar-refractivity contribution >= 4 is 44.0 Å². The molecule has 0 unspecified atom stereocenters. The van der Waals surface area contributed by atoms with Gasteiger partial charge < -0.3 is 5.32 Å². The van der Waals surface area contributed by atoms with Gasteiger partial charge in [-0.1, -0.05) is 41.1 Å². The van der Waals surface area contributed by atoms with Crippen LogP contribution in [0.4, 0.5) is 10.8 Å². The molecule has 3 aromatic rings. The lowest BCUT2D eigenvalue weighted by atomic mass is 10.2. The number of nitrogens with one attached hydrogen (secondary N) is 1. The van der Waals surface area contributed by atoms with Crippen molar-refractivity contribution in [3.63, 3.8) is 0 Å². The number of rotatable bonds is 2. The van der Waals surface area contributed by atoms with E-state index >= 15 is 0 Å². The van der Waals surface area contributed by atoms with E-state index in [0.29, 0.717) is 0 Å². The summed E-state index contributed by atoms with van der Waals surface area (Å²) in [6.45, 7) is 4.10. The molecular formula is C15H13ClN2S. The SMILES string of the molecule is Cc1ccc(Nc2nc3c(C)cccc3s2)c(Cl)c1. The maximum atomic E-state index is 6.22. The Morgan fingerprint density at radius 2 is 2.00 bits per heavy atom. The second kappa shape index (κ2) is 4.83. The fraction of sp³-hybridized carbons (Fsp3) is 0.133. The highest BCUT2D eigenvalue weighted by Crippen LogP contribution is 2.32. The third-order valence-electron chi connectivity index (χ3n) is 2.99. The summed E-state index contributed by atoms with van der Waals surface area (Å²) >= 11 is 7.86. The van der Waals surface area contributed by atoms with E-state index in [1.54, 1.807) is 11.3 Å². The summed E-state index contributed by atoms with van der Waals surface area (Å²) in [5.74, 6) is 0. The minimum Gasteiger partial charge on any atom is -0.330 e. The van der Waals surface area contributed by atoms with Crippen LogP contribution in [0.3, 0.4) is 0 Å². The van der Waals surface area contributed by atoms with Gasteiger partial charge in [0.25, 0.3) is 0 Å². The van der Waals surface area contributed by atoms with Crippen molar-refractivity contribution in [2.24, 2.45) is 0 Å². The van der Waals surface area contributed by atoms with Crippen LogP contribution in [0, 0.1) is 13.8 Å². The fourth-order valence-electron chi connectivity index (χ4n) is 1.98. The Kier molecular flexibility index (Phi) is 3.17. The van der Waals surface area contributed by atoms with Crippen molar-refractivity contribution in [2.75, 3.05) is 5.32 Å². The number of thiazole rings is 1. The van der Waals surface area contributed by atoms with Crippen LogP contribution < -0.4 is 5.32 Å². The average Bonchev–Trinajstić information content (AvgIpc) is 2.77. The number of halogens is 1. The molecule has 3 rings (SSSR count). The van der Waals surface area contributed by atoms with Crippen LogP contribution in [0.1, 0.15) is 11.1 Å². The molecule has 2 aromatic carbocycles. The van der Waals surface area contributed by atoms with Crippen LogP contribution >= 0.6 is 22.9 Å². The van der Waals surface area contributed by atoms with Gasteiger partial charge in [0.15, 0.2) is 5.13 Å². The summed E-state index contributed by atoms with van der Waals surface area (Å²) in [6.07, 6.45) is 0. The van der Waals surface area contributed by atoms with Crippen molar-refractivity contribution in [1.82, 2.24) is 4.98 Å². The highest BCUT2D eigenvalue weighted by molar-refractivity contribution is 7.22. The molecule has 96 valence electrons. The van der Waals surface area contributed by atoms with E-state index in [1.807, 2.05) is 25.1 Å². The van der Waals surface area contributed by atoms with Crippen LogP contribution in [0.15, 0.2) is 36.4 Å². The van der Waals surface area contributed by atoms with Gasteiger partial charge in [0, 0.05) is 0 Å². The van der Waals surface area contributed by atoms with Gasteiger partial charge >= 0.3 is 0 Å². The minimum absolute atomic E-state index is 0.718. The number of benzene rings is 2. The van der Waals surface area contributed by atoms with Gasteiger partial charge in [0.2, 0.25) is 0 Å². The molecule has 0 radical (unpaired) electrons. The predicted octanol–water partition coefficient (Wildman–Crippen LogP) is 5.31. The van der Waals surface area contributed by atoms with Crippen LogP contribution in [-0.2, 0) is 0 Å². The predicted molar refractivity (Wildman–Crippen MR) is 83.8 cm³/mol. The van der Waals surface area contributed by atoms with E-state index in [1.165, 1.54) is 10.3 Å². The summed E-state index contributed by atoms with van der Waals surface area (Å²) in [6, 6.07) is 12.2. The van der Waals surface area contributed by atoms with Crippen molar-refractivity contribution in [1.29, 1.82) is 0 Å². The molecule has 0 saturated carbocycles. The minimum atomic E-state index is 0.718. The van der Waals surface area contributed by atoms with E-state index in [2.05, 4.69) is 35.4 Å². The molecule has 0 saturated heterocycles. The van der Waals surface area contributed by atoms with Crippen LogP contribution in [0.5, 0.6) is 0 Å². The third kappa shape index (κ3) is 2.44. The number of para-hydroxylation sites is 1. The number of fused-ring (bicyclic) bond motifs is 1. The molecule has 1 heterocycles. The molecule has 0 spiro atoms. The second-order valence-electron chi connectivity index (χ2n) is 4.55. The highest BCUT2D eigenvalue weighted by atomic mass is 35.5. The summed E-state index contributed by atoms with van der Waals surface area (Å²) in [5, 5.41) is 4.88. The topological polar surface area (TPSA) is 24.9 Å². The zero-order chi connectivity index (χ0) is 13.4. The Balaban J connectivity index is 1.99. The lowest BCUT2D eigenvalue weighted by Gasteiger charge is -2.05. The molecule has 4 heteroatoms. The number of aryl methyl sites for hydroxylation is 2. The van der Waals surface area contributed by atoms with Gasteiger partial charge in [-0.25, -0.2) is 4.98 Å². The number of hydrogen-bond acceptors (Lipinski definition) is 3. The average molecular weight is 289 g/mol. The van der Waals surface area contributed by atoms with E-state index in [4.69, 9.17) is 11.6 Å². The highest BCUT2D eigenvalue weighted by Gasteiger charge is 2.07. The van der Waals surface area contributed by atoms with Crippen molar-refractivity contribution < 1.29 is 0 Å². The Bertz CT molecular complexity index is 749. The van der Waals surface area contributed by atoms with Crippen LogP contribution in [-0.4, -0.2) is 4.98 Å². The van der Waals surface area contributed by atoms with Gasteiger partial charge in [-0.05, 0) is 43.2 Å². The van der Waals surface area contributed by atoms with Gasteiger partial charge in [0.05, 0.1) is 20.9 Å². The first-order chi connectivity index (χ1) is 9.13. The molecule has 0 aliphatic carbocycles. The third-order valence-corrected chi connectivity index (χ3v) is 4.24. The number of nitrogens with zero attached hydrogens (tertiary/aromatic N) is 1. The van der Waals surface area contributed by atoms with Crippen molar-refractivity contribution in [3.8, 4) is 0 Å². The first kappa shape index (κ1) is 12.5. The number of anilines is 2. The second-order valence-corrected chi connectivity index (χ2v) is 5.99. The first-order valence-electron chi connectivity index (χ1n) is 6.03. The first-order valence-corrected chi connectivity index (χ1v) is 7.22. The Morgan fingerprint density at radius 3 is 2.74 bits per heavy atom. The van der Waals surface area contributed by atoms with Crippen molar-refractivity contribution in [3.05, 3.63) is 52.5 Å². The van der Waals surface area contributed by atoms with Gasteiger partial charge in [-0.3, -0.25) is 0 Å². The molecule has 1 N–H and O–H groups in total. The molecule has 0 bridgehead atoms. The normalized spacial score (nSPS) is 10.9. The van der Waals surface area contributed by atoms with Crippen LogP contribution in [0.25, 0.3) is 10.2 Å². The molecule has 0 aliphatic rings. The molecule has 0 amide bonds. The van der Waals surface area contributed by atoms with E-state index in [9.17, 15) is 0 Å². The maximum absolute atomic E-state index is 6.22. The smallest absolute Gasteiger partial charge is 0.188 e. The zero-order valence-electron chi connectivity index (χ0n) is 10.7. The van der Waals surface area contributed by atoms with E-state index < -0.39 is 0 Å². The van der Waals surface area contributed by atoms with Gasteiger partial charge in [0.1, 0.15) is 0 Å². The quantitative estimate of drug-likeness (QED) is 0.691. The Morgan fingerprint density at radius 1 is 1.16 bits per heavy atom. The lowest BCUT2D eigenvalue weighted by Crippen LogP contribution is -1.90. The van der Waals surface area contributed by atoms with Crippen LogP contribution in [0.2, 0.25) is 5.02 Å². The maximum Gasteiger partial charge on any atom is 0.188 e. The summed E-state index contributed by atoms with van der Waals surface area (Å²) < 4.78 is 1.19. The molecule has 0 aliphatic heterocycles. The monoisotopic (exact) mass is 288 g/mol. The summed E-state index contributed by atoms with van der Waals surface area (Å²) in [4.78, 5) is 4.62. The standard InChI is InChI=1S/C15H13ClN2S/c1-9-6-7-12(11(16)8-9)17-15-18-14-10(2)4-3-5-13(14)19-15/h3-8H,1-2H3,(H,17,18). The molecule has 0 atom stereocenters. The Hall–Kier alpha value is -1.58.